The highest BCUT2D eigenvalue weighted by Crippen LogP contribution is 2.32. The minimum atomic E-state index is 0.150. The summed E-state index contributed by atoms with van der Waals surface area (Å²) in [5.74, 6) is 0.150. The lowest BCUT2D eigenvalue weighted by molar-refractivity contribution is -0.126. The maximum Gasteiger partial charge on any atom is 0.227 e. The van der Waals surface area contributed by atoms with Crippen LogP contribution in [-0.2, 0) is 4.79 Å². The summed E-state index contributed by atoms with van der Waals surface area (Å²) in [6, 6.07) is 2.20. The highest BCUT2D eigenvalue weighted by atomic mass is 79.9. The van der Waals surface area contributed by atoms with Crippen molar-refractivity contribution in [3.8, 4) is 6.07 Å². The van der Waals surface area contributed by atoms with E-state index in [9.17, 15) is 4.79 Å². The molecule has 1 saturated heterocycles. The van der Waals surface area contributed by atoms with Crippen LogP contribution in [0.4, 0.5) is 0 Å². The zero-order valence-corrected chi connectivity index (χ0v) is 9.38. The first-order valence-corrected chi connectivity index (χ1v) is 5.70. The van der Waals surface area contributed by atoms with Gasteiger partial charge in [-0.2, -0.15) is 5.26 Å². The van der Waals surface area contributed by atoms with Gasteiger partial charge in [0.15, 0.2) is 0 Å². The number of nitriles is 1. The lowest BCUT2D eigenvalue weighted by Gasteiger charge is -2.17. The first-order valence-electron chi connectivity index (χ1n) is 4.79. The zero-order valence-electron chi connectivity index (χ0n) is 7.79. The smallest absolute Gasteiger partial charge is 0.227 e. The van der Waals surface area contributed by atoms with Crippen molar-refractivity contribution in [2.75, 3.05) is 6.54 Å². The molecule has 1 heterocycles. The molecule has 0 spiro atoms. The van der Waals surface area contributed by atoms with Crippen LogP contribution in [0.1, 0.15) is 25.7 Å². The quantitative estimate of drug-likeness (QED) is 0.672. The lowest BCUT2D eigenvalue weighted by Crippen LogP contribution is -2.24. The number of alkyl halides is 1. The van der Waals surface area contributed by atoms with E-state index >= 15 is 0 Å². The zero-order chi connectivity index (χ0) is 10.1. The van der Waals surface area contributed by atoms with Gasteiger partial charge in [0, 0.05) is 29.1 Å². The molecule has 0 saturated carbocycles. The van der Waals surface area contributed by atoms with Gasteiger partial charge in [-0.3, -0.25) is 4.79 Å². The molecular formula is C10H11BrN2O. The number of carbonyl (C=O) groups is 1. The average molecular weight is 255 g/mol. The molecule has 74 valence electrons. The molecular weight excluding hydrogens is 244 g/mol. The third-order valence-electron chi connectivity index (χ3n) is 2.73. The topological polar surface area (TPSA) is 44.1 Å². The van der Waals surface area contributed by atoms with Gasteiger partial charge in [0.1, 0.15) is 0 Å². The highest BCUT2D eigenvalue weighted by molar-refractivity contribution is 9.09. The van der Waals surface area contributed by atoms with Gasteiger partial charge in [0.2, 0.25) is 5.91 Å². The van der Waals surface area contributed by atoms with Gasteiger partial charge in [-0.1, -0.05) is 15.9 Å². The largest absolute Gasteiger partial charge is 0.314 e. The summed E-state index contributed by atoms with van der Waals surface area (Å²) in [7, 11) is 0. The Kier molecular flexibility index (Phi) is 2.60. The molecule has 1 aliphatic heterocycles. The molecule has 0 aromatic rings. The van der Waals surface area contributed by atoms with Crippen molar-refractivity contribution in [2.24, 2.45) is 0 Å². The van der Waals surface area contributed by atoms with Gasteiger partial charge in [0.05, 0.1) is 6.07 Å². The van der Waals surface area contributed by atoms with Crippen LogP contribution in [0, 0.1) is 11.3 Å². The number of hydrogen-bond donors (Lipinski definition) is 0. The van der Waals surface area contributed by atoms with Crippen LogP contribution in [0.5, 0.6) is 0 Å². The number of rotatable bonds is 1. The lowest BCUT2D eigenvalue weighted by atomic mass is 10.2. The van der Waals surface area contributed by atoms with Crippen molar-refractivity contribution >= 4 is 21.8 Å². The number of nitrogens with zero attached hydrogens (tertiary/aromatic N) is 2. The normalized spacial score (nSPS) is 27.3. The maximum absolute atomic E-state index is 11.6. The van der Waals surface area contributed by atoms with Crippen molar-refractivity contribution in [3.63, 3.8) is 0 Å². The Bertz CT molecular complexity index is 343. The number of likely N-dealkylation sites (tertiary alicyclic amines) is 1. The van der Waals surface area contributed by atoms with E-state index < -0.39 is 0 Å². The molecule has 1 unspecified atom stereocenters. The Balaban J connectivity index is 2.24. The standard InChI is InChI=1S/C10H11BrN2O/c11-8-4-10(14)13(6-8)9-3-1-2-7(9)5-12/h8H,1-4,6H2. The SMILES string of the molecule is N#CC1=C(N2CC(Br)CC2=O)CCC1. The fourth-order valence-corrected chi connectivity index (χ4v) is 2.64. The molecule has 14 heavy (non-hydrogen) atoms. The van der Waals surface area contributed by atoms with Gasteiger partial charge >= 0.3 is 0 Å². The molecule has 3 nitrogen and oxygen atoms in total. The highest BCUT2D eigenvalue weighted by Gasteiger charge is 2.32. The van der Waals surface area contributed by atoms with Crippen LogP contribution in [0.3, 0.4) is 0 Å². The number of allylic oxidation sites excluding steroid dienone is 2. The van der Waals surface area contributed by atoms with Gasteiger partial charge in [0.25, 0.3) is 0 Å². The molecule has 1 fully saturated rings. The molecule has 1 amide bonds. The van der Waals surface area contributed by atoms with E-state index in [1.165, 1.54) is 0 Å². The van der Waals surface area contributed by atoms with Crippen LogP contribution >= 0.6 is 15.9 Å². The fraction of sp³-hybridized carbons (Fsp3) is 0.600. The van der Waals surface area contributed by atoms with Crippen molar-refractivity contribution in [3.05, 3.63) is 11.3 Å². The van der Waals surface area contributed by atoms with E-state index in [0.29, 0.717) is 6.42 Å². The molecule has 2 aliphatic rings. The Labute approximate surface area is 91.5 Å². The second kappa shape index (κ2) is 3.74. The Morgan fingerprint density at radius 2 is 2.29 bits per heavy atom. The second-order valence-electron chi connectivity index (χ2n) is 3.70. The average Bonchev–Trinajstić information content (AvgIpc) is 2.71. The third-order valence-corrected chi connectivity index (χ3v) is 3.34. The van der Waals surface area contributed by atoms with Crippen molar-refractivity contribution in [1.29, 1.82) is 5.26 Å². The fourth-order valence-electron chi connectivity index (χ4n) is 2.07. The van der Waals surface area contributed by atoms with Gasteiger partial charge < -0.3 is 4.90 Å². The molecule has 0 bridgehead atoms. The molecule has 0 N–H and O–H groups in total. The molecule has 4 heteroatoms. The predicted octanol–water partition coefficient (Wildman–Crippen LogP) is 1.94. The van der Waals surface area contributed by atoms with E-state index in [0.717, 1.165) is 37.1 Å². The summed E-state index contributed by atoms with van der Waals surface area (Å²) in [5, 5.41) is 8.89. The summed E-state index contributed by atoms with van der Waals surface area (Å²) >= 11 is 3.44. The summed E-state index contributed by atoms with van der Waals surface area (Å²) in [6.07, 6.45) is 3.29. The minimum absolute atomic E-state index is 0.150. The van der Waals surface area contributed by atoms with E-state index in [1.807, 2.05) is 0 Å². The van der Waals surface area contributed by atoms with Gasteiger partial charge in [-0.05, 0) is 19.3 Å². The maximum atomic E-state index is 11.6. The number of amides is 1. The molecule has 0 aromatic heterocycles. The molecule has 0 radical (unpaired) electrons. The summed E-state index contributed by atoms with van der Waals surface area (Å²) in [4.78, 5) is 13.6. The van der Waals surface area contributed by atoms with Crippen LogP contribution < -0.4 is 0 Å². The minimum Gasteiger partial charge on any atom is -0.314 e. The molecule has 2 rings (SSSR count). The van der Waals surface area contributed by atoms with Crippen LogP contribution in [0.2, 0.25) is 0 Å². The molecule has 0 aromatic carbocycles. The van der Waals surface area contributed by atoms with Crippen LogP contribution in [-0.4, -0.2) is 22.2 Å². The first-order chi connectivity index (χ1) is 6.72. The number of carbonyl (C=O) groups excluding carboxylic acids is 1. The Hall–Kier alpha value is -0.820. The second-order valence-corrected chi connectivity index (χ2v) is 4.99. The number of halogens is 1. The van der Waals surface area contributed by atoms with Crippen LogP contribution in [0.25, 0.3) is 0 Å². The van der Waals surface area contributed by atoms with E-state index in [-0.39, 0.29) is 10.7 Å². The van der Waals surface area contributed by atoms with E-state index in [4.69, 9.17) is 5.26 Å². The van der Waals surface area contributed by atoms with Crippen molar-refractivity contribution < 1.29 is 4.79 Å². The van der Waals surface area contributed by atoms with Gasteiger partial charge in [-0.15, -0.1) is 0 Å². The summed E-state index contributed by atoms with van der Waals surface area (Å²) in [5.41, 5.74) is 1.78. The van der Waals surface area contributed by atoms with Gasteiger partial charge in [-0.25, -0.2) is 0 Å². The van der Waals surface area contributed by atoms with E-state index in [1.54, 1.807) is 4.90 Å². The predicted molar refractivity (Wildman–Crippen MR) is 55.5 cm³/mol. The first kappa shape index (κ1) is 9.72. The summed E-state index contributed by atoms with van der Waals surface area (Å²) < 4.78 is 0. The number of hydrogen-bond acceptors (Lipinski definition) is 2. The summed E-state index contributed by atoms with van der Waals surface area (Å²) in [6.45, 7) is 0.722. The Morgan fingerprint density at radius 1 is 1.50 bits per heavy atom. The monoisotopic (exact) mass is 254 g/mol. The molecule has 1 atom stereocenters. The van der Waals surface area contributed by atoms with Crippen LogP contribution in [0.15, 0.2) is 11.3 Å². The Morgan fingerprint density at radius 3 is 2.86 bits per heavy atom. The third kappa shape index (κ3) is 1.57. The van der Waals surface area contributed by atoms with E-state index in [2.05, 4.69) is 22.0 Å². The van der Waals surface area contributed by atoms with Crippen molar-refractivity contribution in [2.45, 2.75) is 30.5 Å². The van der Waals surface area contributed by atoms with Crippen molar-refractivity contribution in [1.82, 2.24) is 4.90 Å². The molecule has 1 aliphatic carbocycles.